The molecule has 2 aromatic carbocycles. The van der Waals surface area contributed by atoms with Crippen LogP contribution in [0.25, 0.3) is 0 Å². The molecule has 1 fully saturated rings. The normalized spacial score (nSPS) is 16.1. The molecule has 1 heterocycles. The summed E-state index contributed by atoms with van der Waals surface area (Å²) >= 11 is 0. The third kappa shape index (κ3) is 4.78. The van der Waals surface area contributed by atoms with Crippen LogP contribution in [0.15, 0.2) is 47.4 Å². The van der Waals surface area contributed by atoms with E-state index in [9.17, 15) is 17.2 Å². The van der Waals surface area contributed by atoms with Crippen LogP contribution in [-0.2, 0) is 10.0 Å². The Balaban J connectivity index is 1.50. The molecule has 3 rings (SSSR count). The maximum atomic E-state index is 13.9. The fourth-order valence-electron chi connectivity index (χ4n) is 2.97. The van der Waals surface area contributed by atoms with Crippen LogP contribution in [0.5, 0.6) is 11.5 Å². The summed E-state index contributed by atoms with van der Waals surface area (Å²) in [5.74, 6) is -0.256. The highest BCUT2D eigenvalue weighted by Gasteiger charge is 2.30. The molecule has 1 saturated heterocycles. The van der Waals surface area contributed by atoms with Crippen molar-refractivity contribution >= 4 is 10.0 Å². The summed E-state index contributed by atoms with van der Waals surface area (Å²) in [6, 6.07) is 9.70. The Morgan fingerprint density at radius 3 is 2.25 bits per heavy atom. The van der Waals surface area contributed by atoms with Crippen LogP contribution >= 0.6 is 0 Å². The Bertz CT molecular complexity index is 899. The maximum Gasteiger partial charge on any atom is 0.246 e. The summed E-state index contributed by atoms with van der Waals surface area (Å²) in [7, 11) is -2.46. The predicted molar refractivity (Wildman–Crippen MR) is 100 cm³/mol. The molecular formula is C19H22F2N2O4S. The van der Waals surface area contributed by atoms with Gasteiger partial charge >= 0.3 is 0 Å². The molecule has 0 amide bonds. The number of halogens is 2. The van der Waals surface area contributed by atoms with Crippen molar-refractivity contribution in [3.63, 3.8) is 0 Å². The topological polar surface area (TPSA) is 59.1 Å². The number of hydrogen-bond donors (Lipinski definition) is 0. The smallest absolute Gasteiger partial charge is 0.246 e. The molecule has 1 aliphatic heterocycles. The highest BCUT2D eigenvalue weighted by atomic mass is 32.2. The molecule has 0 saturated carbocycles. The minimum Gasteiger partial charge on any atom is -0.497 e. The molecule has 0 aliphatic carbocycles. The fourth-order valence-corrected chi connectivity index (χ4v) is 4.47. The number of nitrogens with zero attached hydrogens (tertiary/aromatic N) is 2. The van der Waals surface area contributed by atoms with E-state index in [4.69, 9.17) is 9.47 Å². The summed E-state index contributed by atoms with van der Waals surface area (Å²) in [6.07, 6.45) is 0. The highest BCUT2D eigenvalue weighted by Crippen LogP contribution is 2.22. The van der Waals surface area contributed by atoms with Gasteiger partial charge in [-0.2, -0.15) is 4.31 Å². The van der Waals surface area contributed by atoms with Crippen molar-refractivity contribution < 1.29 is 26.7 Å². The summed E-state index contributed by atoms with van der Waals surface area (Å²) < 4.78 is 64.3. The molecule has 0 N–H and O–H groups in total. The van der Waals surface area contributed by atoms with Crippen LogP contribution in [0.1, 0.15) is 0 Å². The number of hydrogen-bond acceptors (Lipinski definition) is 5. The molecule has 9 heteroatoms. The van der Waals surface area contributed by atoms with Gasteiger partial charge in [0.15, 0.2) is 0 Å². The Labute approximate surface area is 163 Å². The Hall–Kier alpha value is -2.23. The van der Waals surface area contributed by atoms with Crippen molar-refractivity contribution in [3.8, 4) is 11.5 Å². The molecule has 0 unspecified atom stereocenters. The van der Waals surface area contributed by atoms with E-state index < -0.39 is 26.6 Å². The number of sulfonamides is 1. The third-order valence-electron chi connectivity index (χ3n) is 4.58. The molecule has 0 atom stereocenters. The van der Waals surface area contributed by atoms with Gasteiger partial charge in [-0.1, -0.05) is 0 Å². The lowest BCUT2D eigenvalue weighted by atomic mass is 10.3. The lowest BCUT2D eigenvalue weighted by Crippen LogP contribution is -2.49. The predicted octanol–water partition coefficient (Wildman–Crippen LogP) is 2.36. The van der Waals surface area contributed by atoms with Crippen molar-refractivity contribution in [2.75, 3.05) is 46.4 Å². The van der Waals surface area contributed by atoms with Crippen LogP contribution in [0.4, 0.5) is 8.78 Å². The minimum atomic E-state index is -4.06. The molecule has 0 bridgehead atoms. The van der Waals surface area contributed by atoms with Crippen molar-refractivity contribution in [3.05, 3.63) is 54.1 Å². The van der Waals surface area contributed by atoms with E-state index in [1.807, 2.05) is 24.3 Å². The van der Waals surface area contributed by atoms with Gasteiger partial charge in [0.2, 0.25) is 10.0 Å². The summed E-state index contributed by atoms with van der Waals surface area (Å²) in [5, 5.41) is 0. The Morgan fingerprint density at radius 1 is 0.964 bits per heavy atom. The van der Waals surface area contributed by atoms with Gasteiger partial charge in [0.25, 0.3) is 0 Å². The van der Waals surface area contributed by atoms with Crippen molar-refractivity contribution in [2.24, 2.45) is 0 Å². The monoisotopic (exact) mass is 412 g/mol. The van der Waals surface area contributed by atoms with Gasteiger partial charge in [0.1, 0.15) is 34.6 Å². The minimum absolute atomic E-state index is 0.209. The van der Waals surface area contributed by atoms with Crippen LogP contribution in [0.3, 0.4) is 0 Å². The van der Waals surface area contributed by atoms with E-state index in [1.165, 1.54) is 4.31 Å². The first-order valence-corrected chi connectivity index (χ1v) is 10.3. The van der Waals surface area contributed by atoms with E-state index in [1.54, 1.807) is 7.11 Å². The van der Waals surface area contributed by atoms with E-state index in [0.717, 1.165) is 29.7 Å². The summed E-state index contributed by atoms with van der Waals surface area (Å²) in [5.41, 5.74) is 0. The zero-order chi connectivity index (χ0) is 20.1. The van der Waals surface area contributed by atoms with Crippen molar-refractivity contribution in [2.45, 2.75) is 4.90 Å². The van der Waals surface area contributed by atoms with Gasteiger partial charge in [-0.25, -0.2) is 17.2 Å². The Kier molecular flexibility index (Phi) is 6.48. The van der Waals surface area contributed by atoms with E-state index in [2.05, 4.69) is 4.90 Å². The first-order valence-electron chi connectivity index (χ1n) is 8.84. The van der Waals surface area contributed by atoms with Crippen LogP contribution in [0.2, 0.25) is 0 Å². The van der Waals surface area contributed by atoms with Crippen LogP contribution < -0.4 is 9.47 Å². The molecule has 0 aromatic heterocycles. The Morgan fingerprint density at radius 2 is 1.61 bits per heavy atom. The molecule has 6 nitrogen and oxygen atoms in total. The number of piperazine rings is 1. The lowest BCUT2D eigenvalue weighted by molar-refractivity contribution is 0.158. The van der Waals surface area contributed by atoms with E-state index in [-0.39, 0.29) is 13.1 Å². The average molecular weight is 412 g/mol. The first-order chi connectivity index (χ1) is 13.4. The van der Waals surface area contributed by atoms with Crippen LogP contribution in [-0.4, -0.2) is 64.1 Å². The molecule has 0 radical (unpaired) electrons. The molecular weight excluding hydrogens is 390 g/mol. The lowest BCUT2D eigenvalue weighted by Gasteiger charge is -2.33. The van der Waals surface area contributed by atoms with Gasteiger partial charge in [0, 0.05) is 32.7 Å². The highest BCUT2D eigenvalue weighted by molar-refractivity contribution is 7.89. The molecule has 152 valence electrons. The number of ether oxygens (including phenoxy) is 2. The van der Waals surface area contributed by atoms with E-state index in [0.29, 0.717) is 26.2 Å². The zero-order valence-electron chi connectivity index (χ0n) is 15.5. The zero-order valence-corrected chi connectivity index (χ0v) is 16.3. The number of rotatable bonds is 7. The molecule has 2 aromatic rings. The van der Waals surface area contributed by atoms with Gasteiger partial charge in [0.05, 0.1) is 7.11 Å². The summed E-state index contributed by atoms with van der Waals surface area (Å²) in [4.78, 5) is 1.45. The first kappa shape index (κ1) is 20.5. The van der Waals surface area contributed by atoms with Crippen LogP contribution in [0, 0.1) is 11.6 Å². The third-order valence-corrected chi connectivity index (χ3v) is 6.49. The fraction of sp³-hybridized carbons (Fsp3) is 0.368. The second-order valence-electron chi connectivity index (χ2n) is 6.34. The molecule has 28 heavy (non-hydrogen) atoms. The quantitative estimate of drug-likeness (QED) is 0.699. The molecule has 1 aliphatic rings. The van der Waals surface area contributed by atoms with Gasteiger partial charge in [-0.05, 0) is 42.5 Å². The van der Waals surface area contributed by atoms with Gasteiger partial charge < -0.3 is 9.47 Å². The van der Waals surface area contributed by atoms with Crippen molar-refractivity contribution in [1.82, 2.24) is 9.21 Å². The average Bonchev–Trinajstić information content (AvgIpc) is 2.70. The molecule has 0 spiro atoms. The van der Waals surface area contributed by atoms with Gasteiger partial charge in [-0.15, -0.1) is 0 Å². The maximum absolute atomic E-state index is 13.9. The second-order valence-corrected chi connectivity index (χ2v) is 8.25. The van der Waals surface area contributed by atoms with Gasteiger partial charge in [-0.3, -0.25) is 4.90 Å². The number of benzene rings is 2. The number of methoxy groups -OCH3 is 1. The largest absolute Gasteiger partial charge is 0.497 e. The van der Waals surface area contributed by atoms with E-state index >= 15 is 0 Å². The van der Waals surface area contributed by atoms with Crippen molar-refractivity contribution in [1.29, 1.82) is 0 Å². The summed E-state index contributed by atoms with van der Waals surface area (Å²) in [6.45, 7) is 2.48. The standard InChI is InChI=1S/C19H22F2N2O4S/c1-26-16-3-5-17(6-4-16)27-13-12-22-8-10-23(11-9-22)28(24,25)19-14-15(20)2-7-18(19)21/h2-7,14H,8-13H2,1H3. The SMILES string of the molecule is COc1ccc(OCCN2CCN(S(=O)(=O)c3cc(F)ccc3F)CC2)cc1. The second kappa shape index (κ2) is 8.85.